The predicted octanol–water partition coefficient (Wildman–Crippen LogP) is 3.14. The number of nitrogens with one attached hydrogen (secondary N) is 2. The lowest BCUT2D eigenvalue weighted by Gasteiger charge is -2.09. The maximum absolute atomic E-state index is 11.7. The number of aryl methyl sites for hydroxylation is 1. The Bertz CT molecular complexity index is 430. The highest BCUT2D eigenvalue weighted by molar-refractivity contribution is 6.31. The van der Waals surface area contributed by atoms with Crippen LogP contribution in [0.5, 0.6) is 0 Å². The summed E-state index contributed by atoms with van der Waals surface area (Å²) in [6, 6.07) is 5.45. The molecule has 0 aromatic heterocycles. The van der Waals surface area contributed by atoms with E-state index >= 15 is 0 Å². The minimum Gasteiger partial charge on any atom is -0.325 e. The lowest BCUT2D eigenvalue weighted by molar-refractivity contribution is -0.115. The molecule has 2 N–H and O–H groups in total. The quantitative estimate of drug-likeness (QED) is 0.613. The molecular weight excluding hydrogens is 248 g/mol. The van der Waals surface area contributed by atoms with Crippen LogP contribution in [0.15, 0.2) is 30.4 Å². The van der Waals surface area contributed by atoms with Gasteiger partial charge in [-0.15, -0.1) is 0 Å². The number of carbonyl (C=O) groups excluding carboxylic acids is 1. The summed E-state index contributed by atoms with van der Waals surface area (Å²) < 4.78 is 0. The van der Waals surface area contributed by atoms with Crippen LogP contribution in [0.2, 0.25) is 5.02 Å². The average Bonchev–Trinajstić information content (AvgIpc) is 2.33. The molecule has 18 heavy (non-hydrogen) atoms. The largest absolute Gasteiger partial charge is 0.325 e. The molecule has 0 saturated heterocycles. The molecule has 0 saturated carbocycles. The van der Waals surface area contributed by atoms with Crippen molar-refractivity contribution in [3.8, 4) is 0 Å². The minimum atomic E-state index is -0.0548. The molecule has 1 rings (SSSR count). The molecule has 0 atom stereocenters. The van der Waals surface area contributed by atoms with Crippen LogP contribution in [0.25, 0.3) is 0 Å². The van der Waals surface area contributed by atoms with Crippen LogP contribution in [0, 0.1) is 6.92 Å². The van der Waals surface area contributed by atoms with Crippen LogP contribution in [0.4, 0.5) is 5.69 Å². The molecule has 0 aliphatic carbocycles. The van der Waals surface area contributed by atoms with Crippen LogP contribution in [0.3, 0.4) is 0 Å². The number of amides is 1. The van der Waals surface area contributed by atoms with E-state index in [1.54, 1.807) is 6.07 Å². The summed E-state index contributed by atoms with van der Waals surface area (Å²) in [7, 11) is 0. The first-order valence-electron chi connectivity index (χ1n) is 6.01. The molecule has 0 bridgehead atoms. The molecule has 1 amide bonds. The van der Waals surface area contributed by atoms with E-state index in [-0.39, 0.29) is 5.91 Å². The first kappa shape index (κ1) is 14.7. The Balaban J connectivity index is 2.37. The van der Waals surface area contributed by atoms with Gasteiger partial charge in [-0.25, -0.2) is 0 Å². The number of allylic oxidation sites excluding steroid dienone is 1. The number of hydrogen-bond donors (Lipinski definition) is 2. The van der Waals surface area contributed by atoms with E-state index in [4.69, 9.17) is 11.6 Å². The Morgan fingerprint density at radius 1 is 1.44 bits per heavy atom. The molecule has 4 heteroatoms. The molecular formula is C14H19ClN2O. The molecule has 1 aromatic rings. The fourth-order valence-corrected chi connectivity index (χ4v) is 1.65. The van der Waals surface area contributed by atoms with Gasteiger partial charge in [0, 0.05) is 10.7 Å². The third-order valence-electron chi connectivity index (χ3n) is 2.48. The predicted molar refractivity (Wildman–Crippen MR) is 77.1 cm³/mol. The van der Waals surface area contributed by atoms with Gasteiger partial charge in [-0.2, -0.15) is 0 Å². The van der Waals surface area contributed by atoms with Gasteiger partial charge < -0.3 is 10.6 Å². The second-order valence-corrected chi connectivity index (χ2v) is 4.48. The molecule has 0 spiro atoms. The van der Waals surface area contributed by atoms with Gasteiger partial charge in [0.1, 0.15) is 0 Å². The molecule has 0 unspecified atom stereocenters. The first-order chi connectivity index (χ1) is 8.63. The van der Waals surface area contributed by atoms with Crippen molar-refractivity contribution in [3.63, 3.8) is 0 Å². The molecule has 1 aromatic carbocycles. The van der Waals surface area contributed by atoms with Gasteiger partial charge in [-0.1, -0.05) is 29.8 Å². The fraction of sp³-hybridized carbons (Fsp3) is 0.357. The monoisotopic (exact) mass is 266 g/mol. The molecule has 0 aliphatic heterocycles. The summed E-state index contributed by atoms with van der Waals surface area (Å²) in [6.07, 6.45) is 4.99. The van der Waals surface area contributed by atoms with Crippen molar-refractivity contribution in [3.05, 3.63) is 40.9 Å². The number of carbonyl (C=O) groups is 1. The smallest absolute Gasteiger partial charge is 0.238 e. The van der Waals surface area contributed by atoms with E-state index in [0.29, 0.717) is 11.6 Å². The summed E-state index contributed by atoms with van der Waals surface area (Å²) in [6.45, 7) is 5.02. The van der Waals surface area contributed by atoms with Crippen molar-refractivity contribution >= 4 is 23.2 Å². The number of benzene rings is 1. The Hall–Kier alpha value is -1.32. The third kappa shape index (κ3) is 5.34. The van der Waals surface area contributed by atoms with Crippen molar-refractivity contribution < 1.29 is 4.79 Å². The lowest BCUT2D eigenvalue weighted by Crippen LogP contribution is -2.28. The third-order valence-corrected chi connectivity index (χ3v) is 2.72. The van der Waals surface area contributed by atoms with Crippen LogP contribution < -0.4 is 10.6 Å². The highest BCUT2D eigenvalue weighted by atomic mass is 35.5. The molecule has 0 aliphatic rings. The van der Waals surface area contributed by atoms with E-state index in [1.807, 2.05) is 32.1 Å². The Kier molecular flexibility index (Phi) is 6.47. The minimum absolute atomic E-state index is 0.0548. The van der Waals surface area contributed by atoms with E-state index in [9.17, 15) is 4.79 Å². The van der Waals surface area contributed by atoms with Crippen molar-refractivity contribution in [2.45, 2.75) is 20.3 Å². The number of halogens is 1. The molecule has 98 valence electrons. The van der Waals surface area contributed by atoms with E-state index < -0.39 is 0 Å². The van der Waals surface area contributed by atoms with Gasteiger partial charge in [0.25, 0.3) is 0 Å². The second-order valence-electron chi connectivity index (χ2n) is 4.04. The van der Waals surface area contributed by atoms with Gasteiger partial charge in [0.15, 0.2) is 0 Å². The fourth-order valence-electron chi connectivity index (χ4n) is 1.48. The molecule has 0 heterocycles. The van der Waals surface area contributed by atoms with Crippen molar-refractivity contribution in [1.29, 1.82) is 0 Å². The van der Waals surface area contributed by atoms with Gasteiger partial charge in [-0.3, -0.25) is 4.79 Å². The van der Waals surface area contributed by atoms with Crippen molar-refractivity contribution in [2.75, 3.05) is 18.4 Å². The summed E-state index contributed by atoms with van der Waals surface area (Å²) >= 11 is 5.89. The van der Waals surface area contributed by atoms with Gasteiger partial charge in [0.2, 0.25) is 5.91 Å². The SMILES string of the molecule is C/C=C/CCNCC(=O)Nc1cc(Cl)ccc1C. The zero-order valence-electron chi connectivity index (χ0n) is 10.8. The van der Waals surface area contributed by atoms with E-state index in [2.05, 4.69) is 16.7 Å². The Morgan fingerprint density at radius 2 is 2.22 bits per heavy atom. The topological polar surface area (TPSA) is 41.1 Å². The van der Waals surface area contributed by atoms with Crippen molar-refractivity contribution in [2.24, 2.45) is 0 Å². The average molecular weight is 267 g/mol. The summed E-state index contributed by atoms with van der Waals surface area (Å²) in [5.41, 5.74) is 1.77. The first-order valence-corrected chi connectivity index (χ1v) is 6.39. The summed E-state index contributed by atoms with van der Waals surface area (Å²) in [4.78, 5) is 11.7. The molecule has 0 radical (unpaired) electrons. The second kappa shape index (κ2) is 7.90. The number of rotatable bonds is 6. The van der Waals surface area contributed by atoms with Crippen LogP contribution in [-0.4, -0.2) is 19.0 Å². The standard InChI is InChI=1S/C14H19ClN2O/c1-3-4-5-8-16-10-14(18)17-13-9-12(15)7-6-11(13)2/h3-4,6-7,9,16H,5,8,10H2,1-2H3,(H,17,18)/b4-3+. The Morgan fingerprint density at radius 3 is 2.94 bits per heavy atom. The molecule has 0 fully saturated rings. The van der Waals surface area contributed by atoms with Gasteiger partial charge >= 0.3 is 0 Å². The zero-order valence-corrected chi connectivity index (χ0v) is 11.6. The highest BCUT2D eigenvalue weighted by Crippen LogP contribution is 2.19. The zero-order chi connectivity index (χ0) is 13.4. The van der Waals surface area contributed by atoms with E-state index in [1.165, 1.54) is 0 Å². The normalized spacial score (nSPS) is 10.8. The number of hydrogen-bond acceptors (Lipinski definition) is 2. The van der Waals surface area contributed by atoms with E-state index in [0.717, 1.165) is 24.2 Å². The van der Waals surface area contributed by atoms with Gasteiger partial charge in [0.05, 0.1) is 6.54 Å². The van der Waals surface area contributed by atoms with Crippen LogP contribution >= 0.6 is 11.6 Å². The summed E-state index contributed by atoms with van der Waals surface area (Å²) in [5, 5.41) is 6.54. The Labute approximate surface area is 113 Å². The molecule has 3 nitrogen and oxygen atoms in total. The number of anilines is 1. The summed E-state index contributed by atoms with van der Waals surface area (Å²) in [5.74, 6) is -0.0548. The van der Waals surface area contributed by atoms with Crippen LogP contribution in [0.1, 0.15) is 18.9 Å². The highest BCUT2D eigenvalue weighted by Gasteiger charge is 2.04. The van der Waals surface area contributed by atoms with Gasteiger partial charge in [-0.05, 0) is 44.5 Å². The maximum atomic E-state index is 11.7. The van der Waals surface area contributed by atoms with Crippen molar-refractivity contribution in [1.82, 2.24) is 5.32 Å². The maximum Gasteiger partial charge on any atom is 0.238 e. The lowest BCUT2D eigenvalue weighted by atomic mass is 10.2. The van der Waals surface area contributed by atoms with Crippen LogP contribution in [-0.2, 0) is 4.79 Å².